The van der Waals surface area contributed by atoms with E-state index in [9.17, 15) is 4.79 Å². The van der Waals surface area contributed by atoms with Gasteiger partial charge in [-0.15, -0.1) is 0 Å². The predicted molar refractivity (Wildman–Crippen MR) is 73.2 cm³/mol. The number of amides is 1. The molecule has 4 heteroatoms. The molecule has 0 spiro atoms. The fraction of sp³-hybridized carbons (Fsp3) is 0.0667. The van der Waals surface area contributed by atoms with E-state index in [1.54, 1.807) is 12.3 Å². The van der Waals surface area contributed by atoms with Crippen molar-refractivity contribution in [2.24, 2.45) is 5.73 Å². The van der Waals surface area contributed by atoms with Crippen molar-refractivity contribution in [3.63, 3.8) is 0 Å². The molecule has 1 heterocycles. The van der Waals surface area contributed by atoms with Crippen LogP contribution in [0.25, 0.3) is 6.08 Å². The van der Waals surface area contributed by atoms with Crippen LogP contribution in [-0.4, -0.2) is 10.9 Å². The van der Waals surface area contributed by atoms with Gasteiger partial charge in [0.1, 0.15) is 12.4 Å². The summed E-state index contributed by atoms with van der Waals surface area (Å²) in [5.41, 5.74) is 6.77. The molecule has 0 unspecified atom stereocenters. The molecule has 19 heavy (non-hydrogen) atoms. The number of carbonyl (C=O) groups is 1. The molecule has 4 nitrogen and oxygen atoms in total. The minimum Gasteiger partial charge on any atom is -0.487 e. The largest absolute Gasteiger partial charge is 0.487 e. The molecule has 0 fully saturated rings. The zero-order valence-corrected chi connectivity index (χ0v) is 10.3. The third-order valence-electron chi connectivity index (χ3n) is 2.41. The van der Waals surface area contributed by atoms with E-state index in [0.29, 0.717) is 6.61 Å². The fourth-order valence-corrected chi connectivity index (χ4v) is 1.53. The number of hydrogen-bond acceptors (Lipinski definition) is 3. The molecule has 96 valence electrons. The van der Waals surface area contributed by atoms with Gasteiger partial charge in [0.25, 0.3) is 0 Å². The van der Waals surface area contributed by atoms with E-state index < -0.39 is 5.91 Å². The zero-order valence-electron chi connectivity index (χ0n) is 10.3. The van der Waals surface area contributed by atoms with Crippen molar-refractivity contribution in [1.82, 2.24) is 4.98 Å². The van der Waals surface area contributed by atoms with Crippen LogP contribution >= 0.6 is 0 Å². The van der Waals surface area contributed by atoms with Gasteiger partial charge < -0.3 is 10.5 Å². The quantitative estimate of drug-likeness (QED) is 0.831. The second-order valence-electron chi connectivity index (χ2n) is 3.92. The summed E-state index contributed by atoms with van der Waals surface area (Å²) < 4.78 is 5.63. The Balaban J connectivity index is 2.01. The van der Waals surface area contributed by atoms with E-state index in [1.807, 2.05) is 42.5 Å². The molecule has 0 bridgehead atoms. The van der Waals surface area contributed by atoms with Gasteiger partial charge in [-0.1, -0.05) is 18.2 Å². The van der Waals surface area contributed by atoms with Crippen LogP contribution in [0.4, 0.5) is 0 Å². The number of nitrogens with zero attached hydrogens (tertiary/aromatic N) is 1. The van der Waals surface area contributed by atoms with E-state index in [0.717, 1.165) is 17.0 Å². The lowest BCUT2D eigenvalue weighted by Crippen LogP contribution is -2.05. The minimum atomic E-state index is -0.472. The Labute approximate surface area is 111 Å². The van der Waals surface area contributed by atoms with E-state index in [1.165, 1.54) is 6.08 Å². The van der Waals surface area contributed by atoms with E-state index >= 15 is 0 Å². The average molecular weight is 254 g/mol. The molecule has 1 aromatic heterocycles. The Morgan fingerprint density at radius 2 is 2.16 bits per heavy atom. The van der Waals surface area contributed by atoms with Gasteiger partial charge in [0, 0.05) is 12.3 Å². The van der Waals surface area contributed by atoms with Crippen molar-refractivity contribution in [2.75, 3.05) is 0 Å². The van der Waals surface area contributed by atoms with Crippen molar-refractivity contribution >= 4 is 12.0 Å². The minimum absolute atomic E-state index is 0.407. The van der Waals surface area contributed by atoms with Crippen LogP contribution in [0, 0.1) is 0 Å². The van der Waals surface area contributed by atoms with Gasteiger partial charge in [0.05, 0.1) is 5.69 Å². The Morgan fingerprint density at radius 1 is 1.26 bits per heavy atom. The number of pyridine rings is 1. The summed E-state index contributed by atoms with van der Waals surface area (Å²) in [7, 11) is 0. The summed E-state index contributed by atoms with van der Waals surface area (Å²) in [6.45, 7) is 0.407. The van der Waals surface area contributed by atoms with Crippen LogP contribution in [-0.2, 0) is 11.4 Å². The highest BCUT2D eigenvalue weighted by Crippen LogP contribution is 2.15. The van der Waals surface area contributed by atoms with E-state index in [4.69, 9.17) is 10.5 Å². The Kier molecular flexibility index (Phi) is 4.29. The Morgan fingerprint density at radius 3 is 2.89 bits per heavy atom. The lowest BCUT2D eigenvalue weighted by atomic mass is 10.2. The van der Waals surface area contributed by atoms with Crippen LogP contribution in [0.15, 0.2) is 54.7 Å². The van der Waals surface area contributed by atoms with Gasteiger partial charge in [0.2, 0.25) is 5.91 Å². The van der Waals surface area contributed by atoms with Crippen LogP contribution in [0.3, 0.4) is 0 Å². The summed E-state index contributed by atoms with van der Waals surface area (Å²) >= 11 is 0. The fourth-order valence-electron chi connectivity index (χ4n) is 1.53. The van der Waals surface area contributed by atoms with Crippen molar-refractivity contribution in [3.8, 4) is 5.75 Å². The molecular formula is C15H14N2O2. The summed E-state index contributed by atoms with van der Waals surface area (Å²) in [6, 6.07) is 13.1. The Hall–Kier alpha value is -2.62. The average Bonchev–Trinajstić information content (AvgIpc) is 2.44. The number of primary amides is 1. The maximum absolute atomic E-state index is 10.7. The molecule has 0 atom stereocenters. The highest BCUT2D eigenvalue weighted by atomic mass is 16.5. The van der Waals surface area contributed by atoms with Crippen LogP contribution in [0.1, 0.15) is 11.3 Å². The van der Waals surface area contributed by atoms with Crippen LogP contribution in [0.2, 0.25) is 0 Å². The smallest absolute Gasteiger partial charge is 0.241 e. The number of carbonyl (C=O) groups excluding carboxylic acids is 1. The van der Waals surface area contributed by atoms with Gasteiger partial charge in [0.15, 0.2) is 0 Å². The van der Waals surface area contributed by atoms with E-state index in [2.05, 4.69) is 4.98 Å². The first-order valence-corrected chi connectivity index (χ1v) is 5.84. The molecule has 1 amide bonds. The standard InChI is InChI=1S/C15H14N2O2/c16-15(18)8-7-12-4-3-6-14(10-12)19-11-13-5-1-2-9-17-13/h1-10H,11H2,(H2,16,18)/b8-7-. The number of aromatic nitrogens is 1. The maximum Gasteiger partial charge on any atom is 0.241 e. The van der Waals surface area contributed by atoms with Gasteiger partial charge >= 0.3 is 0 Å². The molecular weight excluding hydrogens is 240 g/mol. The molecule has 2 N–H and O–H groups in total. The molecule has 0 radical (unpaired) electrons. The van der Waals surface area contributed by atoms with Gasteiger partial charge in [-0.25, -0.2) is 0 Å². The zero-order chi connectivity index (χ0) is 13.5. The molecule has 0 aliphatic rings. The third-order valence-corrected chi connectivity index (χ3v) is 2.41. The molecule has 0 saturated heterocycles. The first kappa shape index (κ1) is 12.8. The first-order chi connectivity index (χ1) is 9.24. The lowest BCUT2D eigenvalue weighted by molar-refractivity contribution is -0.113. The van der Waals surface area contributed by atoms with Crippen LogP contribution < -0.4 is 10.5 Å². The van der Waals surface area contributed by atoms with Gasteiger partial charge in [-0.05, 0) is 35.9 Å². The Bertz CT molecular complexity index is 580. The molecule has 0 aliphatic carbocycles. The predicted octanol–water partition coefficient (Wildman–Crippen LogP) is 2.16. The first-order valence-electron chi connectivity index (χ1n) is 5.84. The summed E-state index contributed by atoms with van der Waals surface area (Å²) in [6.07, 6.45) is 4.69. The molecule has 1 aromatic carbocycles. The van der Waals surface area contributed by atoms with Crippen molar-refractivity contribution in [2.45, 2.75) is 6.61 Å². The van der Waals surface area contributed by atoms with Gasteiger partial charge in [-0.2, -0.15) is 0 Å². The summed E-state index contributed by atoms with van der Waals surface area (Å²) in [4.78, 5) is 14.8. The second kappa shape index (κ2) is 6.35. The lowest BCUT2D eigenvalue weighted by Gasteiger charge is -2.06. The monoisotopic (exact) mass is 254 g/mol. The third kappa shape index (κ3) is 4.27. The summed E-state index contributed by atoms with van der Waals surface area (Å²) in [5.74, 6) is 0.247. The van der Waals surface area contributed by atoms with Crippen LogP contribution in [0.5, 0.6) is 5.75 Å². The number of nitrogens with two attached hydrogens (primary N) is 1. The van der Waals surface area contributed by atoms with Crippen molar-refractivity contribution in [1.29, 1.82) is 0 Å². The van der Waals surface area contributed by atoms with Crippen molar-refractivity contribution in [3.05, 3.63) is 66.0 Å². The molecule has 2 aromatic rings. The second-order valence-corrected chi connectivity index (χ2v) is 3.92. The van der Waals surface area contributed by atoms with Crippen molar-refractivity contribution < 1.29 is 9.53 Å². The highest BCUT2D eigenvalue weighted by Gasteiger charge is 1.97. The molecule has 0 aliphatic heterocycles. The maximum atomic E-state index is 10.7. The number of benzene rings is 1. The number of rotatable bonds is 5. The molecule has 2 rings (SSSR count). The SMILES string of the molecule is NC(=O)/C=C\c1cccc(OCc2ccccn2)c1. The normalized spacial score (nSPS) is 10.5. The van der Waals surface area contributed by atoms with Gasteiger partial charge in [-0.3, -0.25) is 9.78 Å². The summed E-state index contributed by atoms with van der Waals surface area (Å²) in [5, 5.41) is 0. The van der Waals surface area contributed by atoms with E-state index in [-0.39, 0.29) is 0 Å². The highest BCUT2D eigenvalue weighted by molar-refractivity contribution is 5.90. The number of ether oxygens (including phenoxy) is 1. The topological polar surface area (TPSA) is 65.2 Å². The molecule has 0 saturated carbocycles. The number of hydrogen-bond donors (Lipinski definition) is 1.